The van der Waals surface area contributed by atoms with E-state index in [0.717, 1.165) is 24.3 Å². The Balaban J connectivity index is 1.26. The van der Waals surface area contributed by atoms with Crippen LogP contribution in [-0.2, 0) is 52.8 Å². The van der Waals surface area contributed by atoms with Gasteiger partial charge in [0.1, 0.15) is 37.7 Å². The van der Waals surface area contributed by atoms with Gasteiger partial charge in [-0.2, -0.15) is 40.2 Å². The summed E-state index contributed by atoms with van der Waals surface area (Å²) in [5.74, 6) is 0.160. The molecule has 2 heterocycles. The molecule has 336 valence electrons. The number of rotatable bonds is 20. The fourth-order valence-corrected chi connectivity index (χ4v) is 8.14. The van der Waals surface area contributed by atoms with Crippen molar-refractivity contribution in [2.75, 3.05) is 42.5 Å². The van der Waals surface area contributed by atoms with E-state index in [-0.39, 0.29) is 101 Å². The molecule has 0 atom stereocenters. The number of aliphatic hydroxyl groups is 1. The Morgan fingerprint density at radius 2 is 1.30 bits per heavy atom. The topological polar surface area (TPSA) is 364 Å². The molecule has 0 saturated heterocycles. The minimum absolute atomic E-state index is 0.0120. The lowest BCUT2D eigenvalue weighted by molar-refractivity contribution is 0.0991. The maximum atomic E-state index is 12.3. The van der Waals surface area contributed by atoms with Crippen LogP contribution < -0.4 is 16.1 Å². The van der Waals surface area contributed by atoms with Gasteiger partial charge in [0.2, 0.25) is 28.9 Å². The summed E-state index contributed by atoms with van der Waals surface area (Å²) < 4.78 is 108. The van der Waals surface area contributed by atoms with Crippen LogP contribution in [0.2, 0.25) is 10.6 Å². The van der Waals surface area contributed by atoms with Crippen molar-refractivity contribution in [1.29, 1.82) is 5.41 Å². The molecule has 0 bridgehead atoms. The first-order valence-electron chi connectivity index (χ1n) is 17.9. The average Bonchev–Trinajstić information content (AvgIpc) is 3.20. The average molecular weight is 980 g/mol. The summed E-state index contributed by atoms with van der Waals surface area (Å²) in [5.41, 5.74) is 2.92. The van der Waals surface area contributed by atoms with E-state index < -0.39 is 50.7 Å². The predicted octanol–water partition coefficient (Wildman–Crippen LogP) is 4.97. The van der Waals surface area contributed by atoms with Crippen LogP contribution in [0.1, 0.15) is 22.8 Å². The van der Waals surface area contributed by atoms with Crippen LogP contribution in [0.3, 0.4) is 0 Å². The summed E-state index contributed by atoms with van der Waals surface area (Å²) in [4.78, 5) is 28.2. The van der Waals surface area contributed by atoms with E-state index in [1.807, 2.05) is 0 Å². The van der Waals surface area contributed by atoms with E-state index in [1.165, 1.54) is 36.4 Å². The van der Waals surface area contributed by atoms with Crippen LogP contribution in [0.5, 0.6) is 0 Å². The quantitative estimate of drug-likeness (QED) is 0.0125. The zero-order chi connectivity index (χ0) is 46.2. The van der Waals surface area contributed by atoms with Crippen molar-refractivity contribution in [2.45, 2.75) is 27.5 Å². The van der Waals surface area contributed by atoms with Gasteiger partial charge < -0.3 is 25.3 Å². The summed E-state index contributed by atoms with van der Waals surface area (Å²) in [6, 6.07) is 14.1. The van der Waals surface area contributed by atoms with Crippen molar-refractivity contribution >= 4 is 105 Å². The molecular formula is C35H32Cl2N12O12S3. The summed E-state index contributed by atoms with van der Waals surface area (Å²) >= 11 is 12.4. The molecule has 0 fully saturated rings. The van der Waals surface area contributed by atoms with Crippen LogP contribution in [0.25, 0.3) is 10.8 Å². The highest BCUT2D eigenvalue weighted by Gasteiger charge is 2.22. The summed E-state index contributed by atoms with van der Waals surface area (Å²) in [6.07, 6.45) is 0.555. The molecule has 2 aromatic heterocycles. The standard InChI is InChI=1S/C35H32Cl2N12O12S3/c36-32-42-30(41-31(43-32)15-20-5-7-28(63(54,55)56)25(13-20)40-35-45-33(37)44-34(46-35)39-8-10-60-11-9-50)14-19-4-6-23(24(12-19)49-61-18-38)47-48-26-17-22-21(16-29(26)64(57,58)59)2-1-3-27(22)62(51,52)53/h1-7,12-13,16-18,38,49-50H,8-11,14-15H2,(H,51,52,53)(H,54,55,56)(H,57,58,59)(H2,39,40,44,45,46). The van der Waals surface area contributed by atoms with Gasteiger partial charge in [0.15, 0.2) is 0 Å². The van der Waals surface area contributed by atoms with Crippen molar-refractivity contribution < 1.29 is 53.6 Å². The van der Waals surface area contributed by atoms with Crippen LogP contribution in [0.15, 0.2) is 91.6 Å². The van der Waals surface area contributed by atoms with E-state index in [0.29, 0.717) is 17.5 Å². The number of nitrogens with one attached hydrogen (secondary N) is 4. The minimum atomic E-state index is -4.93. The molecule has 64 heavy (non-hydrogen) atoms. The number of halogens is 2. The lowest BCUT2D eigenvalue weighted by Gasteiger charge is -2.13. The van der Waals surface area contributed by atoms with Crippen molar-refractivity contribution in [2.24, 2.45) is 10.2 Å². The van der Waals surface area contributed by atoms with Gasteiger partial charge in [0.05, 0.1) is 31.2 Å². The molecule has 0 amide bonds. The maximum absolute atomic E-state index is 12.3. The van der Waals surface area contributed by atoms with Crippen LogP contribution in [0.4, 0.5) is 34.6 Å². The lowest BCUT2D eigenvalue weighted by Crippen LogP contribution is -2.14. The molecule has 6 rings (SSSR count). The van der Waals surface area contributed by atoms with E-state index in [4.69, 9.17) is 43.3 Å². The summed E-state index contributed by atoms with van der Waals surface area (Å²) in [7, 11) is -14.5. The maximum Gasteiger partial charge on any atom is 0.296 e. The fraction of sp³-hybridized carbons (Fsp3) is 0.171. The Hall–Kier alpha value is -6.14. The third-order valence-electron chi connectivity index (χ3n) is 8.40. The Morgan fingerprint density at radius 1 is 0.672 bits per heavy atom. The highest BCUT2D eigenvalue weighted by molar-refractivity contribution is 7.86. The second-order valence-electron chi connectivity index (χ2n) is 12.9. The fourth-order valence-electron chi connectivity index (χ4n) is 5.81. The molecular weight excluding hydrogens is 948 g/mol. The first kappa shape index (κ1) is 47.3. The number of hydrogen-bond acceptors (Lipinski definition) is 21. The first-order valence-corrected chi connectivity index (χ1v) is 23.0. The number of anilines is 4. The van der Waals surface area contributed by atoms with Gasteiger partial charge in [0, 0.05) is 24.8 Å². The third-order valence-corrected chi connectivity index (χ3v) is 11.4. The SMILES string of the molecule is N=CONc1cc(Cc2nc(Cl)nc(Cc3ccc(S(=O)(=O)O)c(Nc4nc(Cl)nc(NCCOCCO)n4)c3)n2)ccc1N=Nc1cc2c(S(=O)(=O)O)cccc2cc1S(=O)(=O)O. The van der Waals surface area contributed by atoms with E-state index in [2.05, 4.69) is 56.2 Å². The number of benzene rings is 4. The minimum Gasteiger partial charge on any atom is -0.394 e. The number of nitrogens with zero attached hydrogens (tertiary/aromatic N) is 8. The molecule has 0 radical (unpaired) electrons. The number of ether oxygens (including phenoxy) is 1. The zero-order valence-corrected chi connectivity index (χ0v) is 36.2. The van der Waals surface area contributed by atoms with Gasteiger partial charge in [-0.25, -0.2) is 20.4 Å². The van der Waals surface area contributed by atoms with Gasteiger partial charge in [0.25, 0.3) is 30.4 Å². The first-order chi connectivity index (χ1) is 30.3. The van der Waals surface area contributed by atoms with Gasteiger partial charge in [-0.05, 0) is 82.2 Å². The molecule has 24 nitrogen and oxygen atoms in total. The van der Waals surface area contributed by atoms with E-state index >= 15 is 0 Å². The van der Waals surface area contributed by atoms with Gasteiger partial charge >= 0.3 is 0 Å². The largest absolute Gasteiger partial charge is 0.394 e. The number of hydrogen-bond donors (Lipinski definition) is 8. The molecule has 6 aromatic rings. The van der Waals surface area contributed by atoms with Crippen LogP contribution in [-0.4, -0.2) is 107 Å². The summed E-state index contributed by atoms with van der Waals surface area (Å²) in [6.45, 7) is 0.406. The van der Waals surface area contributed by atoms with Crippen molar-refractivity contribution in [3.8, 4) is 0 Å². The predicted molar refractivity (Wildman–Crippen MR) is 229 cm³/mol. The number of azo groups is 1. The number of aromatic nitrogens is 6. The molecule has 0 aliphatic carbocycles. The summed E-state index contributed by atoms with van der Waals surface area (Å²) in [5, 5.41) is 29.3. The normalized spacial score (nSPS) is 12.1. The van der Waals surface area contributed by atoms with Gasteiger partial charge in [-0.3, -0.25) is 19.1 Å². The Bertz CT molecular complexity index is 3120. The molecule has 0 saturated carbocycles. The van der Waals surface area contributed by atoms with E-state index in [1.54, 1.807) is 6.07 Å². The van der Waals surface area contributed by atoms with Gasteiger partial charge in [-0.1, -0.05) is 24.3 Å². The van der Waals surface area contributed by atoms with Crippen molar-refractivity contribution in [1.82, 2.24) is 29.9 Å². The van der Waals surface area contributed by atoms with Crippen molar-refractivity contribution in [3.63, 3.8) is 0 Å². The highest BCUT2D eigenvalue weighted by atomic mass is 35.5. The smallest absolute Gasteiger partial charge is 0.296 e. The molecule has 0 unspecified atom stereocenters. The molecule has 4 aromatic carbocycles. The number of aliphatic hydroxyl groups excluding tert-OH is 1. The molecule has 0 aliphatic rings. The van der Waals surface area contributed by atoms with E-state index in [9.17, 15) is 38.9 Å². The monoisotopic (exact) mass is 978 g/mol. The molecule has 8 N–H and O–H groups in total. The van der Waals surface area contributed by atoms with Gasteiger partial charge in [-0.15, -0.1) is 10.2 Å². The highest BCUT2D eigenvalue weighted by Crippen LogP contribution is 2.36. The third kappa shape index (κ3) is 12.5. The van der Waals surface area contributed by atoms with Crippen LogP contribution in [0, 0.1) is 5.41 Å². The zero-order valence-electron chi connectivity index (χ0n) is 32.3. The molecule has 0 aliphatic heterocycles. The second kappa shape index (κ2) is 20.1. The second-order valence-corrected chi connectivity index (χ2v) is 17.7. The molecule has 0 spiro atoms. The Morgan fingerprint density at radius 3 is 1.95 bits per heavy atom. The van der Waals surface area contributed by atoms with Crippen LogP contribution >= 0.6 is 23.2 Å². The number of fused-ring (bicyclic) bond motifs is 1. The Labute approximate surface area is 372 Å². The van der Waals surface area contributed by atoms with Crippen molar-refractivity contribution in [3.05, 3.63) is 100 Å². The Kier molecular flexibility index (Phi) is 14.9. The lowest BCUT2D eigenvalue weighted by atomic mass is 10.1. The molecule has 29 heteroatoms.